The van der Waals surface area contributed by atoms with Crippen LogP contribution in [0, 0.1) is 34.5 Å². The lowest BCUT2D eigenvalue weighted by Crippen LogP contribution is -2.56. The fourth-order valence-corrected chi connectivity index (χ4v) is 6.89. The fraction of sp³-hybridized carbons (Fsp3) is 0.857. The highest BCUT2D eigenvalue weighted by Crippen LogP contribution is 2.64. The first-order valence-corrected chi connectivity index (χ1v) is 10.3. The molecule has 152 valence electrons. The normalized spacial score (nSPS) is 44.9. The highest BCUT2D eigenvalue weighted by molar-refractivity contribution is 5.93. The van der Waals surface area contributed by atoms with Gasteiger partial charge in [0.2, 0.25) is 0 Å². The minimum atomic E-state index is -0.165. The number of hydrogen-bond donors (Lipinski definition) is 1. The van der Waals surface area contributed by atoms with Gasteiger partial charge in [0.25, 0.3) is 0 Å². The Morgan fingerprint density at radius 1 is 1.11 bits per heavy atom. The maximum Gasteiger partial charge on any atom is 0.139 e. The summed E-state index contributed by atoms with van der Waals surface area (Å²) in [5, 5.41) is 4.25. The number of carbonyl (C=O) groups excluding carboxylic acids is 2. The number of carbonyl (C=O) groups is 2. The number of nitrogens with zero attached hydrogens (tertiary/aromatic N) is 1. The topological polar surface area (TPSA) is 81.8 Å². The number of oxime groups is 1. The van der Waals surface area contributed by atoms with E-state index in [0.717, 1.165) is 44.2 Å². The molecule has 0 heterocycles. The molecule has 4 fully saturated rings. The monoisotopic (exact) mass is 396 g/mol. The summed E-state index contributed by atoms with van der Waals surface area (Å²) in [7, 11) is 0. The van der Waals surface area contributed by atoms with Gasteiger partial charge in [0.1, 0.15) is 18.2 Å². The fourth-order valence-electron chi connectivity index (χ4n) is 6.89. The molecule has 0 saturated heterocycles. The molecule has 4 aliphatic rings. The summed E-state index contributed by atoms with van der Waals surface area (Å²) in [4.78, 5) is 30.9. The van der Waals surface area contributed by atoms with Crippen LogP contribution in [0.5, 0.6) is 0 Å². The Morgan fingerprint density at radius 3 is 2.63 bits per heavy atom. The quantitative estimate of drug-likeness (QED) is 0.584. The van der Waals surface area contributed by atoms with Crippen molar-refractivity contribution in [3.8, 4) is 0 Å². The van der Waals surface area contributed by atoms with E-state index in [0.29, 0.717) is 55.3 Å². The standard InChI is InChI=1S/C21H32N2O3.ClH/c1-20-7-5-13(23-26-10-9-22)11-17(20)18(24)12-14-15-3-4-19(25)21(15,2)8-6-16(14)20;/h14-17H,3-12,22H2,1-2H3;1H/b23-13-;/t14-,15-,16+,17?,20+,21-;/m0./s1. The number of rotatable bonds is 3. The van der Waals surface area contributed by atoms with Gasteiger partial charge in [-0.2, -0.15) is 0 Å². The molecule has 0 amide bonds. The molecule has 4 rings (SSSR count). The molecule has 4 saturated carbocycles. The predicted molar refractivity (Wildman–Crippen MR) is 107 cm³/mol. The number of fused-ring (bicyclic) bond motifs is 5. The summed E-state index contributed by atoms with van der Waals surface area (Å²) >= 11 is 0. The Hall–Kier alpha value is -0.940. The van der Waals surface area contributed by atoms with Gasteiger partial charge in [0, 0.05) is 30.7 Å². The van der Waals surface area contributed by atoms with E-state index in [1.807, 2.05) is 0 Å². The molecule has 5 nitrogen and oxygen atoms in total. The summed E-state index contributed by atoms with van der Waals surface area (Å²) in [6.07, 6.45) is 7.13. The van der Waals surface area contributed by atoms with Gasteiger partial charge in [-0.05, 0) is 61.7 Å². The van der Waals surface area contributed by atoms with Crippen LogP contribution in [-0.4, -0.2) is 30.4 Å². The van der Waals surface area contributed by atoms with Crippen molar-refractivity contribution in [2.45, 2.75) is 65.2 Å². The smallest absolute Gasteiger partial charge is 0.139 e. The summed E-state index contributed by atoms with van der Waals surface area (Å²) in [6, 6.07) is 0. The van der Waals surface area contributed by atoms with Crippen molar-refractivity contribution in [1.29, 1.82) is 0 Å². The molecule has 0 bridgehead atoms. The van der Waals surface area contributed by atoms with E-state index < -0.39 is 0 Å². The molecule has 2 N–H and O–H groups in total. The van der Waals surface area contributed by atoms with Gasteiger partial charge < -0.3 is 10.6 Å². The first-order valence-electron chi connectivity index (χ1n) is 10.3. The van der Waals surface area contributed by atoms with Crippen molar-refractivity contribution in [2.24, 2.45) is 45.4 Å². The highest BCUT2D eigenvalue weighted by Gasteiger charge is 2.62. The lowest BCUT2D eigenvalue weighted by Gasteiger charge is -2.58. The number of nitrogens with two attached hydrogens (primary N) is 1. The van der Waals surface area contributed by atoms with Gasteiger partial charge in [-0.25, -0.2) is 0 Å². The first kappa shape index (κ1) is 20.8. The van der Waals surface area contributed by atoms with E-state index in [1.54, 1.807) is 0 Å². The van der Waals surface area contributed by atoms with Crippen LogP contribution < -0.4 is 5.73 Å². The summed E-state index contributed by atoms with van der Waals surface area (Å²) in [5.41, 5.74) is 6.37. The molecule has 0 aromatic heterocycles. The van der Waals surface area contributed by atoms with E-state index in [9.17, 15) is 9.59 Å². The van der Waals surface area contributed by atoms with Gasteiger partial charge in [0.05, 0.1) is 5.71 Å². The van der Waals surface area contributed by atoms with Gasteiger partial charge in [0.15, 0.2) is 0 Å². The first-order chi connectivity index (χ1) is 12.4. The average molecular weight is 397 g/mol. The zero-order valence-electron chi connectivity index (χ0n) is 16.5. The lowest BCUT2D eigenvalue weighted by molar-refractivity contribution is -0.152. The molecule has 0 aromatic rings. The van der Waals surface area contributed by atoms with Crippen molar-refractivity contribution in [3.05, 3.63) is 0 Å². The van der Waals surface area contributed by atoms with Crippen LogP contribution in [0.25, 0.3) is 0 Å². The Kier molecular flexibility index (Phi) is 5.75. The van der Waals surface area contributed by atoms with Crippen molar-refractivity contribution in [3.63, 3.8) is 0 Å². The minimum Gasteiger partial charge on any atom is -0.395 e. The second-order valence-corrected chi connectivity index (χ2v) is 9.51. The summed E-state index contributed by atoms with van der Waals surface area (Å²) in [5.74, 6) is 2.29. The molecular formula is C21H33ClN2O3. The van der Waals surface area contributed by atoms with Crippen LogP contribution >= 0.6 is 12.4 Å². The van der Waals surface area contributed by atoms with Crippen molar-refractivity contribution >= 4 is 29.7 Å². The minimum absolute atomic E-state index is 0. The predicted octanol–water partition coefficient (Wildman–Crippen LogP) is 3.53. The lowest BCUT2D eigenvalue weighted by atomic mass is 9.45. The van der Waals surface area contributed by atoms with Crippen LogP contribution in [0.3, 0.4) is 0 Å². The molecule has 4 aliphatic carbocycles. The maximum absolute atomic E-state index is 13.1. The summed E-state index contributed by atoms with van der Waals surface area (Å²) < 4.78 is 0. The third kappa shape index (κ3) is 3.15. The third-order valence-corrected chi connectivity index (χ3v) is 8.41. The largest absolute Gasteiger partial charge is 0.395 e. The number of halogens is 1. The highest BCUT2D eigenvalue weighted by atomic mass is 35.5. The molecule has 0 radical (unpaired) electrons. The number of hydrogen-bond acceptors (Lipinski definition) is 5. The average Bonchev–Trinajstić information content (AvgIpc) is 2.92. The molecule has 27 heavy (non-hydrogen) atoms. The summed E-state index contributed by atoms with van der Waals surface area (Å²) in [6.45, 7) is 5.39. The van der Waals surface area contributed by atoms with Gasteiger partial charge in [-0.15, -0.1) is 12.4 Å². The maximum atomic E-state index is 13.1. The molecule has 0 aromatic carbocycles. The van der Waals surface area contributed by atoms with Crippen LogP contribution in [-0.2, 0) is 14.4 Å². The molecular weight excluding hydrogens is 364 g/mol. The van der Waals surface area contributed by atoms with Crippen molar-refractivity contribution in [2.75, 3.05) is 13.2 Å². The van der Waals surface area contributed by atoms with Crippen molar-refractivity contribution in [1.82, 2.24) is 0 Å². The van der Waals surface area contributed by atoms with Gasteiger partial charge in [-0.3, -0.25) is 9.59 Å². The van der Waals surface area contributed by atoms with Crippen LogP contribution in [0.15, 0.2) is 5.16 Å². The Bertz CT molecular complexity index is 651. The number of ketones is 2. The van der Waals surface area contributed by atoms with E-state index in [-0.39, 0.29) is 29.2 Å². The van der Waals surface area contributed by atoms with Gasteiger partial charge in [-0.1, -0.05) is 19.0 Å². The van der Waals surface area contributed by atoms with Crippen LogP contribution in [0.4, 0.5) is 0 Å². The molecule has 6 atom stereocenters. The Morgan fingerprint density at radius 2 is 1.89 bits per heavy atom. The Labute approximate surface area is 168 Å². The van der Waals surface area contributed by atoms with E-state index in [2.05, 4.69) is 19.0 Å². The molecule has 0 aliphatic heterocycles. The van der Waals surface area contributed by atoms with E-state index in [4.69, 9.17) is 10.6 Å². The SMILES string of the molecule is C[C@]12CC/C(=N/OCCN)CC1C(=O)C[C@@H]1[C@H]2CC[C@]2(C)C(=O)CC[C@@H]12.Cl. The zero-order chi connectivity index (χ0) is 18.5. The van der Waals surface area contributed by atoms with Crippen LogP contribution in [0.1, 0.15) is 65.2 Å². The molecule has 1 unspecified atom stereocenters. The zero-order valence-corrected chi connectivity index (χ0v) is 17.4. The second-order valence-electron chi connectivity index (χ2n) is 9.51. The Balaban J connectivity index is 0.00000210. The second kappa shape index (κ2) is 7.47. The van der Waals surface area contributed by atoms with E-state index >= 15 is 0 Å². The van der Waals surface area contributed by atoms with Crippen molar-refractivity contribution < 1.29 is 14.4 Å². The van der Waals surface area contributed by atoms with E-state index in [1.165, 1.54) is 0 Å². The van der Waals surface area contributed by atoms with Crippen LogP contribution in [0.2, 0.25) is 0 Å². The molecule has 6 heteroatoms. The molecule has 0 spiro atoms. The number of Topliss-reactive ketones (excluding diaryl/α,β-unsaturated/α-hetero) is 2. The van der Waals surface area contributed by atoms with Gasteiger partial charge >= 0.3 is 0 Å². The third-order valence-electron chi connectivity index (χ3n) is 8.41.